The molecule has 2 amide bonds. The van der Waals surface area contributed by atoms with Crippen LogP contribution in [0.1, 0.15) is 15.9 Å². The molecule has 0 spiro atoms. The number of nitrogens with zero attached hydrogens (tertiary/aromatic N) is 3. The van der Waals surface area contributed by atoms with Crippen LogP contribution in [0, 0.1) is 6.92 Å². The lowest BCUT2D eigenvalue weighted by molar-refractivity contribution is -0.113. The highest BCUT2D eigenvalue weighted by atomic mass is 32.2. The van der Waals surface area contributed by atoms with E-state index >= 15 is 0 Å². The van der Waals surface area contributed by atoms with Gasteiger partial charge in [0.15, 0.2) is 11.0 Å². The van der Waals surface area contributed by atoms with Crippen molar-refractivity contribution >= 4 is 35.0 Å². The van der Waals surface area contributed by atoms with Crippen LogP contribution in [0.4, 0.5) is 11.4 Å². The third kappa shape index (κ3) is 5.48. The van der Waals surface area contributed by atoms with Crippen LogP contribution < -0.4 is 10.6 Å². The zero-order valence-electron chi connectivity index (χ0n) is 18.3. The van der Waals surface area contributed by atoms with Crippen molar-refractivity contribution in [1.82, 2.24) is 14.8 Å². The minimum atomic E-state index is -0.291. The smallest absolute Gasteiger partial charge is 0.257 e. The topological polar surface area (TPSA) is 88.9 Å². The van der Waals surface area contributed by atoms with E-state index in [1.54, 1.807) is 24.3 Å². The highest BCUT2D eigenvalue weighted by molar-refractivity contribution is 7.99. The maximum atomic E-state index is 12.7. The molecular formula is C25H23N5O2S. The van der Waals surface area contributed by atoms with Crippen molar-refractivity contribution in [1.29, 1.82) is 0 Å². The van der Waals surface area contributed by atoms with Crippen LogP contribution >= 0.6 is 11.8 Å². The molecule has 0 radical (unpaired) electrons. The maximum absolute atomic E-state index is 12.7. The number of thioether (sulfide) groups is 1. The molecule has 2 N–H and O–H groups in total. The van der Waals surface area contributed by atoms with Gasteiger partial charge in [0.25, 0.3) is 5.91 Å². The number of rotatable bonds is 7. The standard InChI is InChI=1S/C25H23N5O2S/c1-17-9-8-10-18(15-17)23-28-29-25(30(23)2)33-16-22(31)27-21-14-7-6-13-20(21)24(32)26-19-11-4-3-5-12-19/h3-15H,16H2,1-2H3,(H,26,32)(H,27,31). The molecule has 7 nitrogen and oxygen atoms in total. The lowest BCUT2D eigenvalue weighted by Gasteiger charge is -2.11. The minimum absolute atomic E-state index is 0.133. The highest BCUT2D eigenvalue weighted by Crippen LogP contribution is 2.24. The van der Waals surface area contributed by atoms with Gasteiger partial charge in [-0.15, -0.1) is 10.2 Å². The Labute approximate surface area is 196 Å². The van der Waals surface area contributed by atoms with E-state index in [0.717, 1.165) is 17.0 Å². The maximum Gasteiger partial charge on any atom is 0.257 e. The number of hydrogen-bond acceptors (Lipinski definition) is 5. The summed E-state index contributed by atoms with van der Waals surface area (Å²) >= 11 is 1.29. The number of aromatic nitrogens is 3. The Hall–Kier alpha value is -3.91. The van der Waals surface area contributed by atoms with Crippen LogP contribution in [0.25, 0.3) is 11.4 Å². The predicted molar refractivity (Wildman–Crippen MR) is 131 cm³/mol. The Kier molecular flexibility index (Phi) is 6.85. The first kappa shape index (κ1) is 22.3. The summed E-state index contributed by atoms with van der Waals surface area (Å²) in [5.41, 5.74) is 3.64. The fourth-order valence-corrected chi connectivity index (χ4v) is 4.01. The lowest BCUT2D eigenvalue weighted by atomic mass is 10.1. The number of nitrogens with one attached hydrogen (secondary N) is 2. The number of para-hydroxylation sites is 2. The van der Waals surface area contributed by atoms with Crippen molar-refractivity contribution in [3.05, 3.63) is 90.0 Å². The molecule has 0 saturated carbocycles. The molecule has 166 valence electrons. The summed E-state index contributed by atoms with van der Waals surface area (Å²) in [5.74, 6) is 0.347. The average molecular weight is 458 g/mol. The van der Waals surface area contributed by atoms with Gasteiger partial charge in [0, 0.05) is 18.3 Å². The summed E-state index contributed by atoms with van der Waals surface area (Å²) < 4.78 is 1.87. The van der Waals surface area contributed by atoms with E-state index in [4.69, 9.17) is 0 Å². The van der Waals surface area contributed by atoms with Crippen molar-refractivity contribution in [3.8, 4) is 11.4 Å². The minimum Gasteiger partial charge on any atom is -0.325 e. The lowest BCUT2D eigenvalue weighted by Crippen LogP contribution is -2.19. The van der Waals surface area contributed by atoms with Crippen molar-refractivity contribution in [2.45, 2.75) is 12.1 Å². The Morgan fingerprint density at radius 3 is 2.45 bits per heavy atom. The zero-order chi connectivity index (χ0) is 23.2. The molecule has 0 aliphatic carbocycles. The van der Waals surface area contributed by atoms with Crippen LogP contribution in [-0.4, -0.2) is 32.3 Å². The van der Waals surface area contributed by atoms with Crippen LogP contribution in [0.2, 0.25) is 0 Å². The van der Waals surface area contributed by atoms with Crippen LogP contribution in [0.3, 0.4) is 0 Å². The number of amides is 2. The normalized spacial score (nSPS) is 10.6. The second-order valence-corrected chi connectivity index (χ2v) is 8.38. The average Bonchev–Trinajstić information content (AvgIpc) is 3.19. The SMILES string of the molecule is Cc1cccc(-c2nnc(SCC(=O)Nc3ccccc3C(=O)Nc3ccccc3)n2C)c1. The fraction of sp³-hybridized carbons (Fsp3) is 0.120. The summed E-state index contributed by atoms with van der Waals surface area (Å²) in [6, 6.07) is 24.1. The van der Waals surface area contributed by atoms with Gasteiger partial charge in [0.1, 0.15) is 0 Å². The monoisotopic (exact) mass is 457 g/mol. The Bertz CT molecular complexity index is 1290. The predicted octanol–water partition coefficient (Wildman–Crippen LogP) is 4.77. The van der Waals surface area contributed by atoms with E-state index in [9.17, 15) is 9.59 Å². The molecule has 4 aromatic rings. The molecule has 0 fully saturated rings. The first-order chi connectivity index (χ1) is 16.0. The Balaban J connectivity index is 1.41. The Morgan fingerprint density at radius 1 is 0.909 bits per heavy atom. The van der Waals surface area contributed by atoms with Gasteiger partial charge < -0.3 is 15.2 Å². The molecule has 0 saturated heterocycles. The molecule has 0 aliphatic rings. The van der Waals surface area contributed by atoms with Crippen LogP contribution in [-0.2, 0) is 11.8 Å². The molecule has 4 rings (SSSR count). The van der Waals surface area contributed by atoms with Crippen LogP contribution in [0.5, 0.6) is 0 Å². The number of hydrogen-bond donors (Lipinski definition) is 2. The van der Waals surface area contributed by atoms with Crippen molar-refractivity contribution in [2.75, 3.05) is 16.4 Å². The van der Waals surface area contributed by atoms with E-state index < -0.39 is 0 Å². The molecule has 1 aromatic heterocycles. The van der Waals surface area contributed by atoms with Gasteiger partial charge in [-0.2, -0.15) is 0 Å². The summed E-state index contributed by atoms with van der Waals surface area (Å²) in [7, 11) is 1.88. The molecular weight excluding hydrogens is 434 g/mol. The van der Waals surface area contributed by atoms with Gasteiger partial charge in [-0.3, -0.25) is 9.59 Å². The summed E-state index contributed by atoms with van der Waals surface area (Å²) in [6.07, 6.45) is 0. The number of carbonyl (C=O) groups is 2. The molecule has 0 aliphatic heterocycles. The Morgan fingerprint density at radius 2 is 1.67 bits per heavy atom. The summed E-state index contributed by atoms with van der Waals surface area (Å²) in [5, 5.41) is 14.8. The fourth-order valence-electron chi connectivity index (χ4n) is 3.30. The highest BCUT2D eigenvalue weighted by Gasteiger charge is 2.16. The second kappa shape index (κ2) is 10.1. The number of carbonyl (C=O) groups excluding carboxylic acids is 2. The van der Waals surface area contributed by atoms with Gasteiger partial charge in [-0.1, -0.05) is 65.9 Å². The van der Waals surface area contributed by atoms with Crippen molar-refractivity contribution < 1.29 is 9.59 Å². The van der Waals surface area contributed by atoms with E-state index in [0.29, 0.717) is 22.1 Å². The molecule has 8 heteroatoms. The van der Waals surface area contributed by atoms with E-state index in [2.05, 4.69) is 20.8 Å². The molecule has 3 aromatic carbocycles. The largest absolute Gasteiger partial charge is 0.325 e. The quantitative estimate of drug-likeness (QED) is 0.390. The summed E-state index contributed by atoms with van der Waals surface area (Å²) in [4.78, 5) is 25.3. The molecule has 1 heterocycles. The van der Waals surface area contributed by atoms with E-state index in [1.165, 1.54) is 11.8 Å². The first-order valence-corrected chi connectivity index (χ1v) is 11.3. The van der Waals surface area contributed by atoms with E-state index in [1.807, 2.05) is 73.1 Å². The zero-order valence-corrected chi connectivity index (χ0v) is 19.1. The summed E-state index contributed by atoms with van der Waals surface area (Å²) in [6.45, 7) is 2.03. The molecule has 0 unspecified atom stereocenters. The second-order valence-electron chi connectivity index (χ2n) is 7.44. The third-order valence-electron chi connectivity index (χ3n) is 4.92. The number of anilines is 2. The first-order valence-electron chi connectivity index (χ1n) is 10.4. The van der Waals surface area contributed by atoms with Gasteiger partial charge in [0.05, 0.1) is 17.0 Å². The number of benzene rings is 3. The van der Waals surface area contributed by atoms with Gasteiger partial charge in [-0.25, -0.2) is 0 Å². The molecule has 0 bridgehead atoms. The van der Waals surface area contributed by atoms with Crippen molar-refractivity contribution in [3.63, 3.8) is 0 Å². The van der Waals surface area contributed by atoms with Gasteiger partial charge in [0.2, 0.25) is 5.91 Å². The number of aryl methyl sites for hydroxylation is 1. The molecule has 33 heavy (non-hydrogen) atoms. The molecule has 0 atom stereocenters. The van der Waals surface area contributed by atoms with E-state index in [-0.39, 0.29) is 17.6 Å². The van der Waals surface area contributed by atoms with Crippen LogP contribution in [0.15, 0.2) is 84.0 Å². The van der Waals surface area contributed by atoms with Gasteiger partial charge in [-0.05, 0) is 37.3 Å². The van der Waals surface area contributed by atoms with Gasteiger partial charge >= 0.3 is 0 Å². The van der Waals surface area contributed by atoms with Crippen molar-refractivity contribution in [2.24, 2.45) is 7.05 Å². The third-order valence-corrected chi connectivity index (χ3v) is 5.94.